The molecule has 0 radical (unpaired) electrons. The highest BCUT2D eigenvalue weighted by Gasteiger charge is 2.18. The van der Waals surface area contributed by atoms with Crippen LogP contribution in [0, 0.1) is 0 Å². The Kier molecular flexibility index (Phi) is 3.18. The first-order chi connectivity index (χ1) is 7.99. The van der Waals surface area contributed by atoms with Crippen molar-refractivity contribution in [1.82, 2.24) is 10.3 Å². The summed E-state index contributed by atoms with van der Waals surface area (Å²) in [5.41, 5.74) is 8.21. The largest absolute Gasteiger partial charge is 0.493 e. The fraction of sp³-hybridized carbons (Fsp3) is 0.222. The molecule has 1 aliphatic heterocycles. The van der Waals surface area contributed by atoms with Crippen LogP contribution in [-0.4, -0.2) is 20.1 Å². The number of nitrogens with two attached hydrogens (primary N) is 1. The van der Waals surface area contributed by atoms with Crippen LogP contribution in [0.5, 0.6) is 5.75 Å². The van der Waals surface area contributed by atoms with Crippen molar-refractivity contribution in [3.63, 3.8) is 0 Å². The predicted molar refractivity (Wildman–Crippen MR) is 65.9 cm³/mol. The second-order valence-corrected chi connectivity index (χ2v) is 5.58. The first-order valence-corrected chi connectivity index (χ1v) is 6.71. The van der Waals surface area contributed by atoms with Gasteiger partial charge in [0.2, 0.25) is 0 Å². The first kappa shape index (κ1) is 12.1. The van der Waals surface area contributed by atoms with Gasteiger partial charge in [-0.2, -0.15) is 0 Å². The predicted octanol–water partition coefficient (Wildman–Crippen LogP) is -0.352. The fourth-order valence-electron chi connectivity index (χ4n) is 1.51. The van der Waals surface area contributed by atoms with Gasteiger partial charge in [0.15, 0.2) is 5.11 Å². The van der Waals surface area contributed by atoms with Gasteiger partial charge in [0.05, 0.1) is 11.5 Å². The molecule has 1 heterocycles. The summed E-state index contributed by atoms with van der Waals surface area (Å²) in [6.07, 6.45) is 0.710. The van der Waals surface area contributed by atoms with Crippen LogP contribution in [0.4, 0.5) is 0 Å². The maximum atomic E-state index is 11.8. The monoisotopic (exact) mass is 273 g/mol. The van der Waals surface area contributed by atoms with Gasteiger partial charge < -0.3 is 10.5 Å². The second-order valence-electron chi connectivity index (χ2n) is 3.46. The Balaban J connectivity index is 2.24. The molecule has 17 heavy (non-hydrogen) atoms. The van der Waals surface area contributed by atoms with Crippen molar-refractivity contribution in [3.8, 4) is 5.75 Å². The summed E-state index contributed by atoms with van der Waals surface area (Å²) in [5, 5.41) is -0.141. The maximum Gasteiger partial charge on any atom is 0.257 e. The Labute approximate surface area is 104 Å². The van der Waals surface area contributed by atoms with Gasteiger partial charge in [-0.05, 0) is 36.0 Å². The van der Waals surface area contributed by atoms with E-state index in [0.29, 0.717) is 13.0 Å². The minimum Gasteiger partial charge on any atom is -0.493 e. The molecule has 6 nitrogen and oxygen atoms in total. The van der Waals surface area contributed by atoms with Crippen LogP contribution < -0.4 is 20.7 Å². The summed E-state index contributed by atoms with van der Waals surface area (Å²) in [6.45, 7) is 0.581. The van der Waals surface area contributed by atoms with Gasteiger partial charge in [0, 0.05) is 6.42 Å². The number of sulfonamides is 1. The van der Waals surface area contributed by atoms with E-state index in [9.17, 15) is 8.42 Å². The third-order valence-electron chi connectivity index (χ3n) is 2.28. The SMILES string of the molecule is NC(=S)NNS(=O)(=O)c1ccc2c(c1)CCO2. The number of benzene rings is 1. The standard InChI is InChI=1S/C9H11N3O3S2/c10-9(16)11-12-17(13,14)7-1-2-8-6(5-7)3-4-15-8/h1-2,5,12H,3-4H2,(H3,10,11,16). The van der Waals surface area contributed by atoms with Gasteiger partial charge in [-0.15, -0.1) is 4.83 Å². The second kappa shape index (κ2) is 4.47. The zero-order chi connectivity index (χ0) is 12.5. The minimum absolute atomic E-state index is 0.141. The van der Waals surface area contributed by atoms with Gasteiger partial charge in [-0.3, -0.25) is 5.43 Å². The van der Waals surface area contributed by atoms with Gasteiger partial charge >= 0.3 is 0 Å². The van der Waals surface area contributed by atoms with E-state index in [1.807, 2.05) is 0 Å². The van der Waals surface area contributed by atoms with Crippen molar-refractivity contribution in [2.24, 2.45) is 5.73 Å². The Morgan fingerprint density at radius 1 is 1.47 bits per heavy atom. The molecule has 0 spiro atoms. The minimum atomic E-state index is -3.66. The third-order valence-corrected chi connectivity index (χ3v) is 3.63. The molecule has 1 aromatic rings. The maximum absolute atomic E-state index is 11.8. The van der Waals surface area contributed by atoms with Gasteiger partial charge in [0.1, 0.15) is 5.75 Å². The number of hydrazine groups is 1. The lowest BCUT2D eigenvalue weighted by atomic mass is 10.2. The van der Waals surface area contributed by atoms with Crippen LogP contribution in [0.1, 0.15) is 5.56 Å². The lowest BCUT2D eigenvalue weighted by Gasteiger charge is -2.08. The third kappa shape index (κ3) is 2.65. The van der Waals surface area contributed by atoms with Crippen molar-refractivity contribution in [2.75, 3.05) is 6.61 Å². The highest BCUT2D eigenvalue weighted by Crippen LogP contribution is 2.27. The lowest BCUT2D eigenvalue weighted by molar-refractivity contribution is 0.356. The van der Waals surface area contributed by atoms with E-state index in [2.05, 4.69) is 22.5 Å². The van der Waals surface area contributed by atoms with E-state index in [0.717, 1.165) is 11.3 Å². The number of ether oxygens (including phenoxy) is 1. The lowest BCUT2D eigenvalue weighted by Crippen LogP contribution is -2.44. The number of hydrogen-bond donors (Lipinski definition) is 3. The molecular formula is C9H11N3O3S2. The fourth-order valence-corrected chi connectivity index (χ4v) is 2.53. The molecule has 0 fully saturated rings. The molecule has 0 saturated carbocycles. The normalized spacial score (nSPS) is 13.9. The molecule has 0 bridgehead atoms. The van der Waals surface area contributed by atoms with Crippen LogP contribution in [-0.2, 0) is 16.4 Å². The molecule has 4 N–H and O–H groups in total. The Morgan fingerprint density at radius 2 is 2.24 bits per heavy atom. The van der Waals surface area contributed by atoms with Crippen LogP contribution in [0.25, 0.3) is 0 Å². The zero-order valence-electron chi connectivity index (χ0n) is 8.76. The Hall–Kier alpha value is -1.38. The Morgan fingerprint density at radius 3 is 2.94 bits per heavy atom. The van der Waals surface area contributed by atoms with Gasteiger partial charge in [0.25, 0.3) is 10.0 Å². The Bertz CT molecular complexity index is 557. The summed E-state index contributed by atoms with van der Waals surface area (Å²) in [5.74, 6) is 0.728. The number of nitrogens with one attached hydrogen (secondary N) is 2. The summed E-state index contributed by atoms with van der Waals surface area (Å²) in [6, 6.07) is 4.68. The number of rotatable bonds is 3. The molecule has 0 saturated heterocycles. The van der Waals surface area contributed by atoms with E-state index in [4.69, 9.17) is 10.5 Å². The van der Waals surface area contributed by atoms with Crippen molar-refractivity contribution < 1.29 is 13.2 Å². The van der Waals surface area contributed by atoms with Crippen molar-refractivity contribution in [1.29, 1.82) is 0 Å². The van der Waals surface area contributed by atoms with Crippen LogP contribution >= 0.6 is 12.2 Å². The van der Waals surface area contributed by atoms with E-state index < -0.39 is 10.0 Å². The van der Waals surface area contributed by atoms with Crippen molar-refractivity contribution in [2.45, 2.75) is 11.3 Å². The highest BCUT2D eigenvalue weighted by molar-refractivity contribution is 7.89. The average molecular weight is 273 g/mol. The summed E-state index contributed by atoms with van der Waals surface area (Å²) >= 11 is 4.51. The molecule has 1 aliphatic rings. The number of hydrogen-bond acceptors (Lipinski definition) is 4. The van der Waals surface area contributed by atoms with E-state index in [-0.39, 0.29) is 10.0 Å². The zero-order valence-corrected chi connectivity index (χ0v) is 10.4. The summed E-state index contributed by atoms with van der Waals surface area (Å²) in [7, 11) is -3.66. The van der Waals surface area contributed by atoms with Crippen molar-refractivity contribution >= 4 is 27.4 Å². The quantitative estimate of drug-likeness (QED) is 0.515. The molecular weight excluding hydrogens is 262 g/mol. The number of fused-ring (bicyclic) bond motifs is 1. The molecule has 1 aromatic carbocycles. The number of thiocarbonyl (C=S) groups is 1. The summed E-state index contributed by atoms with van der Waals surface area (Å²) in [4.78, 5) is 2.23. The van der Waals surface area contributed by atoms with Crippen LogP contribution in [0.15, 0.2) is 23.1 Å². The van der Waals surface area contributed by atoms with E-state index in [1.165, 1.54) is 6.07 Å². The van der Waals surface area contributed by atoms with Crippen molar-refractivity contribution in [3.05, 3.63) is 23.8 Å². The van der Waals surface area contributed by atoms with Crippen LogP contribution in [0.3, 0.4) is 0 Å². The van der Waals surface area contributed by atoms with Gasteiger partial charge in [-0.1, -0.05) is 0 Å². The first-order valence-electron chi connectivity index (χ1n) is 4.82. The average Bonchev–Trinajstić information content (AvgIpc) is 2.73. The van der Waals surface area contributed by atoms with Gasteiger partial charge in [-0.25, -0.2) is 8.42 Å². The molecule has 92 valence electrons. The van der Waals surface area contributed by atoms with Crippen LogP contribution in [0.2, 0.25) is 0 Å². The molecule has 0 unspecified atom stereocenters. The van der Waals surface area contributed by atoms with E-state index >= 15 is 0 Å². The smallest absolute Gasteiger partial charge is 0.257 e. The molecule has 8 heteroatoms. The molecule has 2 rings (SSSR count). The molecule has 0 amide bonds. The molecule has 0 atom stereocenters. The molecule has 0 aromatic heterocycles. The summed E-state index contributed by atoms with van der Waals surface area (Å²) < 4.78 is 28.9. The highest BCUT2D eigenvalue weighted by atomic mass is 32.2. The topological polar surface area (TPSA) is 93.5 Å². The van der Waals surface area contributed by atoms with E-state index in [1.54, 1.807) is 12.1 Å². The molecule has 0 aliphatic carbocycles.